The van der Waals surface area contributed by atoms with Gasteiger partial charge in [0.1, 0.15) is 6.04 Å². The molecule has 1 heterocycles. The van der Waals surface area contributed by atoms with E-state index in [-0.39, 0.29) is 17.9 Å². The molecule has 5 nitrogen and oxygen atoms in total. The number of hydrogen-bond acceptors (Lipinski definition) is 3. The molecule has 1 saturated heterocycles. The molecule has 1 aliphatic heterocycles. The number of nitrogens with zero attached hydrogens (tertiary/aromatic N) is 1. The Morgan fingerprint density at radius 3 is 2.70 bits per heavy atom. The van der Waals surface area contributed by atoms with Crippen LogP contribution in [0.5, 0.6) is 0 Å². The first kappa shape index (κ1) is 17.5. The standard InChI is InChI=1S/C18H27N3O2/c1-3-5-16(22)20-15-6-4-11-21(12-15)18(23)17(19)14-9-7-13(2)8-10-14/h7-10,15,17H,3-6,11-12,19H2,1-2H3,(H,20,22). The van der Waals surface area contributed by atoms with Gasteiger partial charge >= 0.3 is 0 Å². The van der Waals surface area contributed by atoms with Gasteiger partial charge in [0.15, 0.2) is 0 Å². The van der Waals surface area contributed by atoms with Crippen LogP contribution in [0.2, 0.25) is 0 Å². The lowest BCUT2D eigenvalue weighted by Crippen LogP contribution is -2.51. The summed E-state index contributed by atoms with van der Waals surface area (Å²) in [6.07, 6.45) is 3.18. The zero-order chi connectivity index (χ0) is 16.8. The molecule has 1 fully saturated rings. The van der Waals surface area contributed by atoms with Crippen LogP contribution in [0.25, 0.3) is 0 Å². The molecule has 0 aliphatic carbocycles. The molecule has 0 saturated carbocycles. The van der Waals surface area contributed by atoms with E-state index in [9.17, 15) is 9.59 Å². The minimum atomic E-state index is -0.638. The highest BCUT2D eigenvalue weighted by Crippen LogP contribution is 2.18. The molecule has 0 radical (unpaired) electrons. The van der Waals surface area contributed by atoms with E-state index in [1.807, 2.05) is 38.1 Å². The number of amides is 2. The minimum absolute atomic E-state index is 0.0389. The molecule has 2 atom stereocenters. The van der Waals surface area contributed by atoms with Gasteiger partial charge in [-0.05, 0) is 31.7 Å². The van der Waals surface area contributed by atoms with Crippen molar-refractivity contribution in [3.8, 4) is 0 Å². The van der Waals surface area contributed by atoms with Crippen LogP contribution >= 0.6 is 0 Å². The summed E-state index contributed by atoms with van der Waals surface area (Å²) in [5.74, 6) is -0.00192. The summed E-state index contributed by atoms with van der Waals surface area (Å²) in [5.41, 5.74) is 8.11. The second-order valence-corrected chi connectivity index (χ2v) is 6.33. The summed E-state index contributed by atoms with van der Waals surface area (Å²) < 4.78 is 0. The third kappa shape index (κ3) is 4.79. The van der Waals surface area contributed by atoms with Crippen LogP contribution in [0.1, 0.15) is 49.8 Å². The predicted octanol–water partition coefficient (Wildman–Crippen LogP) is 1.90. The third-order valence-corrected chi connectivity index (χ3v) is 4.28. The maximum atomic E-state index is 12.6. The Morgan fingerprint density at radius 2 is 2.04 bits per heavy atom. The van der Waals surface area contributed by atoms with Gasteiger partial charge in [0.2, 0.25) is 11.8 Å². The molecular weight excluding hydrogens is 290 g/mol. The topological polar surface area (TPSA) is 75.4 Å². The van der Waals surface area contributed by atoms with Crippen LogP contribution in [-0.4, -0.2) is 35.8 Å². The maximum Gasteiger partial charge on any atom is 0.244 e. The molecule has 2 rings (SSSR count). The Morgan fingerprint density at radius 1 is 1.35 bits per heavy atom. The van der Waals surface area contributed by atoms with Crippen molar-refractivity contribution in [3.05, 3.63) is 35.4 Å². The van der Waals surface area contributed by atoms with E-state index in [1.165, 1.54) is 0 Å². The molecule has 126 valence electrons. The van der Waals surface area contributed by atoms with Gasteiger partial charge in [-0.25, -0.2) is 0 Å². The molecule has 1 aromatic rings. The number of benzene rings is 1. The molecule has 0 aromatic heterocycles. The van der Waals surface area contributed by atoms with E-state index in [4.69, 9.17) is 5.73 Å². The monoisotopic (exact) mass is 317 g/mol. The van der Waals surface area contributed by atoms with Crippen molar-refractivity contribution < 1.29 is 9.59 Å². The van der Waals surface area contributed by atoms with Crippen molar-refractivity contribution in [3.63, 3.8) is 0 Å². The van der Waals surface area contributed by atoms with Crippen LogP contribution in [0, 0.1) is 6.92 Å². The Kier molecular flexibility index (Phi) is 6.16. The fourth-order valence-electron chi connectivity index (χ4n) is 2.94. The highest BCUT2D eigenvalue weighted by Gasteiger charge is 2.28. The fourth-order valence-corrected chi connectivity index (χ4v) is 2.94. The Hall–Kier alpha value is -1.88. The fraction of sp³-hybridized carbons (Fsp3) is 0.556. The highest BCUT2D eigenvalue weighted by molar-refractivity contribution is 5.83. The zero-order valence-corrected chi connectivity index (χ0v) is 14.0. The average molecular weight is 317 g/mol. The van der Waals surface area contributed by atoms with Crippen LogP contribution < -0.4 is 11.1 Å². The van der Waals surface area contributed by atoms with Gasteiger partial charge in [-0.15, -0.1) is 0 Å². The van der Waals surface area contributed by atoms with Gasteiger partial charge in [0.25, 0.3) is 0 Å². The second kappa shape index (κ2) is 8.11. The number of carbonyl (C=O) groups is 2. The van der Waals surface area contributed by atoms with Gasteiger partial charge in [-0.2, -0.15) is 0 Å². The van der Waals surface area contributed by atoms with Gasteiger partial charge in [-0.1, -0.05) is 36.8 Å². The summed E-state index contributed by atoms with van der Waals surface area (Å²) >= 11 is 0. The predicted molar refractivity (Wildman–Crippen MR) is 90.8 cm³/mol. The number of nitrogens with one attached hydrogen (secondary N) is 1. The van der Waals surface area contributed by atoms with Crippen LogP contribution in [-0.2, 0) is 9.59 Å². The number of nitrogens with two attached hydrogens (primary N) is 1. The molecule has 5 heteroatoms. The quantitative estimate of drug-likeness (QED) is 0.871. The first-order valence-corrected chi connectivity index (χ1v) is 8.41. The lowest BCUT2D eigenvalue weighted by Gasteiger charge is -2.34. The Labute approximate surface area is 138 Å². The van der Waals surface area contributed by atoms with Gasteiger partial charge in [0, 0.05) is 25.6 Å². The van der Waals surface area contributed by atoms with Crippen molar-refractivity contribution in [2.24, 2.45) is 5.73 Å². The van der Waals surface area contributed by atoms with Crippen molar-refractivity contribution in [2.45, 2.75) is 51.6 Å². The lowest BCUT2D eigenvalue weighted by atomic mass is 10.0. The van der Waals surface area contributed by atoms with Crippen molar-refractivity contribution in [1.82, 2.24) is 10.2 Å². The molecule has 2 amide bonds. The minimum Gasteiger partial charge on any atom is -0.352 e. The Balaban J connectivity index is 1.95. The van der Waals surface area contributed by atoms with E-state index in [0.29, 0.717) is 19.5 Å². The molecule has 1 aliphatic rings. The van der Waals surface area contributed by atoms with Crippen LogP contribution in [0.3, 0.4) is 0 Å². The largest absolute Gasteiger partial charge is 0.352 e. The van der Waals surface area contributed by atoms with Crippen molar-refractivity contribution in [1.29, 1.82) is 0 Å². The van der Waals surface area contributed by atoms with Gasteiger partial charge in [-0.3, -0.25) is 9.59 Å². The first-order valence-electron chi connectivity index (χ1n) is 8.41. The van der Waals surface area contributed by atoms with Crippen LogP contribution in [0.4, 0.5) is 0 Å². The average Bonchev–Trinajstić information content (AvgIpc) is 2.54. The lowest BCUT2D eigenvalue weighted by molar-refractivity contribution is -0.135. The third-order valence-electron chi connectivity index (χ3n) is 4.28. The molecule has 1 aromatic carbocycles. The summed E-state index contributed by atoms with van der Waals surface area (Å²) in [7, 11) is 0. The molecular formula is C18H27N3O2. The van der Waals surface area contributed by atoms with E-state index >= 15 is 0 Å². The summed E-state index contributed by atoms with van der Waals surface area (Å²) in [4.78, 5) is 26.1. The summed E-state index contributed by atoms with van der Waals surface area (Å²) in [6.45, 7) is 5.24. The smallest absolute Gasteiger partial charge is 0.244 e. The normalized spacial score (nSPS) is 19.3. The number of rotatable bonds is 5. The van der Waals surface area contributed by atoms with E-state index in [0.717, 1.165) is 30.4 Å². The maximum absolute atomic E-state index is 12.6. The van der Waals surface area contributed by atoms with E-state index in [2.05, 4.69) is 5.32 Å². The number of piperidine rings is 1. The molecule has 2 unspecified atom stereocenters. The number of carbonyl (C=O) groups excluding carboxylic acids is 2. The highest BCUT2D eigenvalue weighted by atomic mass is 16.2. The molecule has 0 spiro atoms. The summed E-state index contributed by atoms with van der Waals surface area (Å²) in [5, 5.41) is 3.02. The number of likely N-dealkylation sites (tertiary alicyclic amines) is 1. The van der Waals surface area contributed by atoms with Gasteiger partial charge < -0.3 is 16.0 Å². The molecule has 23 heavy (non-hydrogen) atoms. The SMILES string of the molecule is CCCC(=O)NC1CCCN(C(=O)C(N)c2ccc(C)cc2)C1. The summed E-state index contributed by atoms with van der Waals surface area (Å²) in [6, 6.07) is 7.14. The first-order chi connectivity index (χ1) is 11.0. The van der Waals surface area contributed by atoms with E-state index < -0.39 is 6.04 Å². The van der Waals surface area contributed by atoms with Crippen molar-refractivity contribution in [2.75, 3.05) is 13.1 Å². The zero-order valence-electron chi connectivity index (χ0n) is 14.0. The molecule has 0 bridgehead atoms. The Bertz CT molecular complexity index is 542. The van der Waals surface area contributed by atoms with E-state index in [1.54, 1.807) is 4.90 Å². The molecule has 3 N–H and O–H groups in total. The number of aryl methyl sites for hydroxylation is 1. The number of hydrogen-bond donors (Lipinski definition) is 2. The van der Waals surface area contributed by atoms with Crippen molar-refractivity contribution >= 4 is 11.8 Å². The second-order valence-electron chi connectivity index (χ2n) is 6.33. The van der Waals surface area contributed by atoms with Gasteiger partial charge in [0.05, 0.1) is 0 Å². The van der Waals surface area contributed by atoms with Crippen LogP contribution in [0.15, 0.2) is 24.3 Å².